The quantitative estimate of drug-likeness (QED) is 0.840. The van der Waals surface area contributed by atoms with Gasteiger partial charge in [-0.05, 0) is 25.7 Å². The molecule has 0 aromatic rings. The van der Waals surface area contributed by atoms with Gasteiger partial charge in [-0.3, -0.25) is 9.59 Å². The first-order valence-electron chi connectivity index (χ1n) is 7.82. The Labute approximate surface area is 120 Å². The zero-order valence-electron chi connectivity index (χ0n) is 12.4. The van der Waals surface area contributed by atoms with Crippen LogP contribution in [-0.4, -0.2) is 59.0 Å². The van der Waals surface area contributed by atoms with E-state index in [0.29, 0.717) is 38.5 Å². The standard InChI is InChI=1S/C15H26N2O3/c1-12(18)15(20)17-9-7-16(8-10-17)14(19)11-13-5-3-2-4-6-13/h12-13,18H,2-11H2,1H3. The van der Waals surface area contributed by atoms with Gasteiger partial charge in [0.2, 0.25) is 5.91 Å². The van der Waals surface area contributed by atoms with Crippen molar-refractivity contribution < 1.29 is 14.7 Å². The molecule has 1 atom stereocenters. The van der Waals surface area contributed by atoms with E-state index >= 15 is 0 Å². The Morgan fingerprint density at radius 2 is 1.60 bits per heavy atom. The Balaban J connectivity index is 1.75. The van der Waals surface area contributed by atoms with Crippen LogP contribution in [0.15, 0.2) is 0 Å². The largest absolute Gasteiger partial charge is 0.384 e. The van der Waals surface area contributed by atoms with Crippen LogP contribution in [0.3, 0.4) is 0 Å². The number of carbonyl (C=O) groups excluding carboxylic acids is 2. The van der Waals surface area contributed by atoms with Crippen LogP contribution in [-0.2, 0) is 9.59 Å². The maximum Gasteiger partial charge on any atom is 0.251 e. The van der Waals surface area contributed by atoms with Gasteiger partial charge in [-0.2, -0.15) is 0 Å². The molecular formula is C15H26N2O3. The summed E-state index contributed by atoms with van der Waals surface area (Å²) in [4.78, 5) is 27.4. The number of rotatable bonds is 3. The third kappa shape index (κ3) is 3.95. The van der Waals surface area contributed by atoms with Crippen molar-refractivity contribution in [3.8, 4) is 0 Å². The summed E-state index contributed by atoms with van der Waals surface area (Å²) in [7, 11) is 0. The number of amides is 2. The molecule has 2 amide bonds. The summed E-state index contributed by atoms with van der Waals surface area (Å²) in [6, 6.07) is 0. The van der Waals surface area contributed by atoms with Crippen LogP contribution in [0.1, 0.15) is 45.4 Å². The Bertz CT molecular complexity index is 343. The second-order valence-corrected chi connectivity index (χ2v) is 6.09. The van der Waals surface area contributed by atoms with Crippen molar-refractivity contribution in [3.63, 3.8) is 0 Å². The molecule has 0 bridgehead atoms. The van der Waals surface area contributed by atoms with E-state index in [2.05, 4.69) is 0 Å². The number of hydrogen-bond acceptors (Lipinski definition) is 3. The van der Waals surface area contributed by atoms with Gasteiger partial charge in [0.15, 0.2) is 0 Å². The summed E-state index contributed by atoms with van der Waals surface area (Å²) < 4.78 is 0. The lowest BCUT2D eigenvalue weighted by atomic mass is 9.86. The molecular weight excluding hydrogens is 256 g/mol. The summed E-state index contributed by atoms with van der Waals surface area (Å²) in [5.41, 5.74) is 0. The molecule has 1 saturated heterocycles. The average Bonchev–Trinajstić information content (AvgIpc) is 2.47. The fourth-order valence-electron chi connectivity index (χ4n) is 3.21. The van der Waals surface area contributed by atoms with Gasteiger partial charge in [-0.1, -0.05) is 19.3 Å². The van der Waals surface area contributed by atoms with Crippen molar-refractivity contribution >= 4 is 11.8 Å². The number of hydrogen-bond donors (Lipinski definition) is 1. The maximum atomic E-state index is 12.2. The van der Waals surface area contributed by atoms with Gasteiger partial charge in [-0.15, -0.1) is 0 Å². The molecule has 1 aliphatic carbocycles. The number of nitrogens with zero attached hydrogens (tertiary/aromatic N) is 2. The summed E-state index contributed by atoms with van der Waals surface area (Å²) in [5.74, 6) is 0.568. The molecule has 5 nitrogen and oxygen atoms in total. The van der Waals surface area contributed by atoms with Crippen LogP contribution < -0.4 is 0 Å². The smallest absolute Gasteiger partial charge is 0.251 e. The summed E-state index contributed by atoms with van der Waals surface area (Å²) in [6.07, 6.45) is 5.93. The van der Waals surface area contributed by atoms with E-state index in [1.807, 2.05) is 4.90 Å². The van der Waals surface area contributed by atoms with Crippen molar-refractivity contribution in [1.82, 2.24) is 9.80 Å². The lowest BCUT2D eigenvalue weighted by Gasteiger charge is -2.36. The van der Waals surface area contributed by atoms with Gasteiger partial charge in [0, 0.05) is 32.6 Å². The molecule has 20 heavy (non-hydrogen) atoms. The van der Waals surface area contributed by atoms with E-state index in [1.54, 1.807) is 4.90 Å². The number of carbonyl (C=O) groups is 2. The monoisotopic (exact) mass is 282 g/mol. The van der Waals surface area contributed by atoms with E-state index in [4.69, 9.17) is 0 Å². The highest BCUT2D eigenvalue weighted by Gasteiger charge is 2.27. The van der Waals surface area contributed by atoms with Gasteiger partial charge >= 0.3 is 0 Å². The van der Waals surface area contributed by atoms with Crippen molar-refractivity contribution in [2.24, 2.45) is 5.92 Å². The molecule has 0 radical (unpaired) electrons. The van der Waals surface area contributed by atoms with Crippen LogP contribution in [0.25, 0.3) is 0 Å². The highest BCUT2D eigenvalue weighted by atomic mass is 16.3. The molecule has 1 N–H and O–H groups in total. The lowest BCUT2D eigenvalue weighted by Crippen LogP contribution is -2.52. The molecule has 5 heteroatoms. The highest BCUT2D eigenvalue weighted by Crippen LogP contribution is 2.27. The third-order valence-electron chi connectivity index (χ3n) is 4.49. The van der Waals surface area contributed by atoms with Crippen LogP contribution in [0.4, 0.5) is 0 Å². The Morgan fingerprint density at radius 1 is 1.05 bits per heavy atom. The molecule has 1 unspecified atom stereocenters. The molecule has 0 spiro atoms. The molecule has 1 saturated carbocycles. The summed E-state index contributed by atoms with van der Waals surface area (Å²) in [6.45, 7) is 3.78. The molecule has 0 aromatic heterocycles. The zero-order valence-corrected chi connectivity index (χ0v) is 12.4. The Kier molecular flexibility index (Phi) is 5.40. The van der Waals surface area contributed by atoms with Crippen molar-refractivity contribution in [1.29, 1.82) is 0 Å². The number of aliphatic hydroxyl groups is 1. The van der Waals surface area contributed by atoms with E-state index in [1.165, 1.54) is 39.0 Å². The topological polar surface area (TPSA) is 60.9 Å². The maximum absolute atomic E-state index is 12.2. The van der Waals surface area contributed by atoms with Crippen LogP contribution in [0.5, 0.6) is 0 Å². The molecule has 2 rings (SSSR count). The Hall–Kier alpha value is -1.10. The summed E-state index contributed by atoms with van der Waals surface area (Å²) >= 11 is 0. The zero-order chi connectivity index (χ0) is 14.5. The predicted molar refractivity (Wildman–Crippen MR) is 76.0 cm³/mol. The number of piperazine rings is 1. The van der Waals surface area contributed by atoms with Gasteiger partial charge in [-0.25, -0.2) is 0 Å². The first kappa shape index (κ1) is 15.3. The first-order valence-corrected chi connectivity index (χ1v) is 7.82. The summed E-state index contributed by atoms with van der Waals surface area (Å²) in [5, 5.41) is 9.29. The highest BCUT2D eigenvalue weighted by molar-refractivity contribution is 5.81. The van der Waals surface area contributed by atoms with E-state index in [0.717, 1.165) is 0 Å². The predicted octanol–water partition coefficient (Wildman–Crippen LogP) is 1.01. The third-order valence-corrected chi connectivity index (χ3v) is 4.49. The van der Waals surface area contributed by atoms with Crippen molar-refractivity contribution in [2.45, 2.75) is 51.6 Å². The minimum atomic E-state index is -0.945. The van der Waals surface area contributed by atoms with E-state index in [9.17, 15) is 14.7 Å². The van der Waals surface area contributed by atoms with Crippen molar-refractivity contribution in [3.05, 3.63) is 0 Å². The minimum Gasteiger partial charge on any atom is -0.384 e. The van der Waals surface area contributed by atoms with Crippen LogP contribution in [0.2, 0.25) is 0 Å². The molecule has 2 aliphatic rings. The van der Waals surface area contributed by atoms with Crippen LogP contribution in [0, 0.1) is 5.92 Å². The van der Waals surface area contributed by atoms with Gasteiger partial charge in [0.1, 0.15) is 6.10 Å². The minimum absolute atomic E-state index is 0.232. The van der Waals surface area contributed by atoms with Gasteiger partial charge in [0.25, 0.3) is 5.91 Å². The molecule has 0 aromatic carbocycles. The van der Waals surface area contributed by atoms with E-state index in [-0.39, 0.29) is 11.8 Å². The van der Waals surface area contributed by atoms with Crippen LogP contribution >= 0.6 is 0 Å². The number of aliphatic hydroxyl groups excluding tert-OH is 1. The lowest BCUT2D eigenvalue weighted by molar-refractivity contribution is -0.145. The SMILES string of the molecule is CC(O)C(=O)N1CCN(C(=O)CC2CCCCC2)CC1. The molecule has 114 valence electrons. The van der Waals surface area contributed by atoms with E-state index < -0.39 is 6.10 Å². The normalized spacial score (nSPS) is 22.7. The molecule has 1 aliphatic heterocycles. The molecule has 2 fully saturated rings. The second kappa shape index (κ2) is 7.07. The average molecular weight is 282 g/mol. The Morgan fingerprint density at radius 3 is 2.15 bits per heavy atom. The van der Waals surface area contributed by atoms with Crippen molar-refractivity contribution in [2.75, 3.05) is 26.2 Å². The molecule has 1 heterocycles. The fraction of sp³-hybridized carbons (Fsp3) is 0.867. The van der Waals surface area contributed by atoms with Gasteiger partial charge in [0.05, 0.1) is 0 Å². The fourth-order valence-corrected chi connectivity index (χ4v) is 3.21. The first-order chi connectivity index (χ1) is 9.58. The second-order valence-electron chi connectivity index (χ2n) is 6.09. The van der Waals surface area contributed by atoms with Gasteiger partial charge < -0.3 is 14.9 Å².